The molecule has 40 heavy (non-hydrogen) atoms. The number of nitro groups is 1. The number of hydrazine groups is 1. The Morgan fingerprint density at radius 1 is 0.925 bits per heavy atom. The fourth-order valence-corrected chi connectivity index (χ4v) is 4.84. The first-order valence-electron chi connectivity index (χ1n) is 12.1. The van der Waals surface area contributed by atoms with Gasteiger partial charge in [-0.1, -0.05) is 60.3 Å². The Morgan fingerprint density at radius 2 is 1.60 bits per heavy atom. The van der Waals surface area contributed by atoms with Crippen molar-refractivity contribution in [2.75, 3.05) is 17.9 Å². The highest BCUT2D eigenvalue weighted by Crippen LogP contribution is 2.36. The molecule has 0 bridgehead atoms. The van der Waals surface area contributed by atoms with Crippen molar-refractivity contribution in [3.63, 3.8) is 0 Å². The molecule has 204 valence electrons. The molecule has 1 atom stereocenters. The number of anilines is 2. The first-order valence-corrected chi connectivity index (χ1v) is 13.0. The van der Waals surface area contributed by atoms with Crippen LogP contribution in [-0.2, 0) is 11.2 Å². The molecule has 4 rings (SSSR count). The predicted octanol–water partition coefficient (Wildman–Crippen LogP) is 5.62. The molecule has 0 aliphatic carbocycles. The molecular formula is C29H26N4O6S. The van der Waals surface area contributed by atoms with E-state index in [1.807, 2.05) is 30.3 Å². The minimum Gasteiger partial charge on any atom is -0.495 e. The van der Waals surface area contributed by atoms with Crippen LogP contribution in [0.15, 0.2) is 107 Å². The summed E-state index contributed by atoms with van der Waals surface area (Å²) in [6.07, 6.45) is 0.211. The zero-order valence-corrected chi connectivity index (χ0v) is 22.2. The Kier molecular flexibility index (Phi) is 9.34. The number of para-hydroxylation sites is 2. The number of carbonyl (C=O) groups is 2. The van der Waals surface area contributed by atoms with E-state index in [9.17, 15) is 24.8 Å². The van der Waals surface area contributed by atoms with Crippen molar-refractivity contribution in [2.45, 2.75) is 22.3 Å². The topological polar surface area (TPSA) is 143 Å². The van der Waals surface area contributed by atoms with Gasteiger partial charge in [0, 0.05) is 28.3 Å². The van der Waals surface area contributed by atoms with Gasteiger partial charge in [-0.2, -0.15) is 0 Å². The smallest absolute Gasteiger partial charge is 0.322 e. The molecular weight excluding hydrogens is 532 g/mol. The molecule has 0 radical (unpaired) electrons. The number of carboxylic acid groups (broad SMARTS) is 1. The molecule has 0 fully saturated rings. The zero-order chi connectivity index (χ0) is 28.5. The van der Waals surface area contributed by atoms with Crippen molar-refractivity contribution in [3.05, 3.63) is 118 Å². The lowest BCUT2D eigenvalue weighted by Gasteiger charge is -2.20. The third-order valence-electron chi connectivity index (χ3n) is 5.85. The Morgan fingerprint density at radius 3 is 2.27 bits per heavy atom. The third-order valence-corrected chi connectivity index (χ3v) is 6.91. The van der Waals surface area contributed by atoms with Crippen molar-refractivity contribution < 1.29 is 24.4 Å². The van der Waals surface area contributed by atoms with Crippen LogP contribution in [0.3, 0.4) is 0 Å². The summed E-state index contributed by atoms with van der Waals surface area (Å²) >= 11 is 1.24. The lowest BCUT2D eigenvalue weighted by Crippen LogP contribution is -2.42. The zero-order valence-electron chi connectivity index (χ0n) is 21.4. The molecule has 10 nitrogen and oxygen atoms in total. The summed E-state index contributed by atoms with van der Waals surface area (Å²) in [5.74, 6) is -1.06. The number of non-ortho nitro benzene ring substituents is 1. The van der Waals surface area contributed by atoms with E-state index in [2.05, 4.69) is 16.2 Å². The van der Waals surface area contributed by atoms with Gasteiger partial charge < -0.3 is 20.6 Å². The second kappa shape index (κ2) is 13.3. The number of hydrogen-bond acceptors (Lipinski definition) is 8. The van der Waals surface area contributed by atoms with Gasteiger partial charge >= 0.3 is 5.97 Å². The van der Waals surface area contributed by atoms with Gasteiger partial charge in [0.05, 0.1) is 29.0 Å². The van der Waals surface area contributed by atoms with Crippen LogP contribution in [-0.4, -0.2) is 35.1 Å². The highest BCUT2D eigenvalue weighted by molar-refractivity contribution is 7.99. The van der Waals surface area contributed by atoms with Crippen molar-refractivity contribution in [1.29, 1.82) is 0 Å². The quantitative estimate of drug-likeness (QED) is 0.129. The molecule has 1 amide bonds. The summed E-state index contributed by atoms with van der Waals surface area (Å²) in [4.78, 5) is 37.5. The van der Waals surface area contributed by atoms with Crippen LogP contribution < -0.4 is 20.9 Å². The summed E-state index contributed by atoms with van der Waals surface area (Å²) in [5.41, 5.74) is 7.61. The number of methoxy groups -OCH3 is 1. The van der Waals surface area contributed by atoms with Gasteiger partial charge in [0.2, 0.25) is 0 Å². The van der Waals surface area contributed by atoms with Gasteiger partial charge in [-0.05, 0) is 42.0 Å². The molecule has 0 aliphatic rings. The van der Waals surface area contributed by atoms with Gasteiger partial charge in [-0.15, -0.1) is 0 Å². The molecule has 4 aromatic rings. The van der Waals surface area contributed by atoms with E-state index < -0.39 is 22.8 Å². The van der Waals surface area contributed by atoms with Crippen molar-refractivity contribution in [2.24, 2.45) is 0 Å². The van der Waals surface area contributed by atoms with E-state index in [-0.39, 0.29) is 17.7 Å². The molecule has 4 aromatic carbocycles. The average Bonchev–Trinajstić information content (AvgIpc) is 2.96. The lowest BCUT2D eigenvalue weighted by atomic mass is 10.1. The summed E-state index contributed by atoms with van der Waals surface area (Å²) < 4.78 is 5.36. The van der Waals surface area contributed by atoms with Crippen LogP contribution in [0.5, 0.6) is 5.75 Å². The molecule has 0 heterocycles. The molecule has 11 heteroatoms. The molecule has 0 saturated carbocycles. The molecule has 0 aromatic heterocycles. The highest BCUT2D eigenvalue weighted by atomic mass is 32.2. The van der Waals surface area contributed by atoms with E-state index in [1.165, 1.54) is 31.0 Å². The van der Waals surface area contributed by atoms with Gasteiger partial charge in [-0.3, -0.25) is 19.7 Å². The summed E-state index contributed by atoms with van der Waals surface area (Å²) in [5, 5.41) is 23.7. The Hall–Kier alpha value is -4.87. The number of hydrogen-bond donors (Lipinski definition) is 4. The monoisotopic (exact) mass is 558 g/mol. The van der Waals surface area contributed by atoms with E-state index >= 15 is 0 Å². The number of ether oxygens (including phenoxy) is 1. The maximum atomic E-state index is 13.7. The fraction of sp³-hybridized carbons (Fsp3) is 0.103. The van der Waals surface area contributed by atoms with Gasteiger partial charge in [0.1, 0.15) is 11.8 Å². The molecule has 4 N–H and O–H groups in total. The van der Waals surface area contributed by atoms with E-state index in [0.717, 1.165) is 5.56 Å². The van der Waals surface area contributed by atoms with Crippen molar-refractivity contribution in [3.8, 4) is 5.75 Å². The molecule has 0 unspecified atom stereocenters. The first-order chi connectivity index (χ1) is 19.4. The first kappa shape index (κ1) is 28.1. The number of nitrogens with zero attached hydrogens (tertiary/aromatic N) is 1. The van der Waals surface area contributed by atoms with Crippen molar-refractivity contribution >= 4 is 40.7 Å². The van der Waals surface area contributed by atoms with E-state index in [0.29, 0.717) is 26.9 Å². The molecule has 0 aliphatic heterocycles. The number of carbonyl (C=O) groups excluding carboxylic acids is 1. The lowest BCUT2D eigenvalue weighted by molar-refractivity contribution is -0.384. The van der Waals surface area contributed by atoms with Crippen LogP contribution in [0, 0.1) is 10.1 Å². The number of nitro benzene ring substituents is 1. The van der Waals surface area contributed by atoms with Crippen LogP contribution in [0.2, 0.25) is 0 Å². The Bertz CT molecular complexity index is 1500. The summed E-state index contributed by atoms with van der Waals surface area (Å²) in [7, 11) is 1.50. The SMILES string of the molecule is COc1ccccc1NC(=O)c1c(NN[C@@H](Cc2ccccc2)C(=O)O)cccc1Sc1ccc([N+](=O)[O-])cc1. The number of carboxylic acids is 1. The standard InChI is InChI=1S/C29H26N4O6S/c1-39-25-12-6-5-10-22(25)30-28(34)27-23(31-32-24(29(35)36)18-19-8-3-2-4-9-19)11-7-13-26(27)40-21-16-14-20(15-17-21)33(37)38/h2-17,24,31-32H,18H2,1H3,(H,30,34)(H,35,36)/t24-/m0/s1. The minimum absolute atomic E-state index is 0.0452. The largest absolute Gasteiger partial charge is 0.495 e. The predicted molar refractivity (Wildman–Crippen MR) is 153 cm³/mol. The van der Waals surface area contributed by atoms with E-state index in [4.69, 9.17) is 4.74 Å². The molecule has 0 saturated heterocycles. The second-order valence-electron chi connectivity index (χ2n) is 8.54. The third kappa shape index (κ3) is 7.16. The van der Waals surface area contributed by atoms with E-state index in [1.54, 1.807) is 54.6 Å². The van der Waals surface area contributed by atoms with Gasteiger partial charge in [0.25, 0.3) is 11.6 Å². The fourth-order valence-electron chi connectivity index (χ4n) is 3.86. The minimum atomic E-state index is -1.06. The summed E-state index contributed by atoms with van der Waals surface area (Å²) in [6.45, 7) is 0. The number of benzene rings is 4. The van der Waals surface area contributed by atoms with Gasteiger partial charge in [-0.25, -0.2) is 5.43 Å². The number of rotatable bonds is 12. The Labute approximate surface area is 234 Å². The maximum absolute atomic E-state index is 13.7. The van der Waals surface area contributed by atoms with Crippen LogP contribution >= 0.6 is 11.8 Å². The number of amides is 1. The Balaban J connectivity index is 1.65. The van der Waals surface area contributed by atoms with Crippen LogP contribution in [0.4, 0.5) is 17.1 Å². The van der Waals surface area contributed by atoms with Gasteiger partial charge in [0.15, 0.2) is 0 Å². The van der Waals surface area contributed by atoms with Crippen LogP contribution in [0.25, 0.3) is 0 Å². The normalized spacial score (nSPS) is 11.3. The number of nitrogens with one attached hydrogen (secondary N) is 3. The highest BCUT2D eigenvalue weighted by Gasteiger charge is 2.22. The maximum Gasteiger partial charge on any atom is 0.322 e. The average molecular weight is 559 g/mol. The molecule has 0 spiro atoms. The second-order valence-corrected chi connectivity index (χ2v) is 9.65. The van der Waals surface area contributed by atoms with Crippen molar-refractivity contribution in [1.82, 2.24) is 5.43 Å². The van der Waals surface area contributed by atoms with Crippen LogP contribution in [0.1, 0.15) is 15.9 Å². The number of aliphatic carboxylic acids is 1. The summed E-state index contributed by atoms with van der Waals surface area (Å²) in [6, 6.07) is 26.3.